The van der Waals surface area contributed by atoms with Gasteiger partial charge >= 0.3 is 143 Å². The monoisotopic (exact) mass is 580 g/mol. The van der Waals surface area contributed by atoms with Gasteiger partial charge < -0.3 is 0 Å². The summed E-state index contributed by atoms with van der Waals surface area (Å²) in [7, 11) is 6.29. The van der Waals surface area contributed by atoms with Gasteiger partial charge in [-0.25, -0.2) is 0 Å². The van der Waals surface area contributed by atoms with Gasteiger partial charge in [-0.15, -0.1) is 0 Å². The van der Waals surface area contributed by atoms with Gasteiger partial charge in [0.25, 0.3) is 0 Å². The number of hydrogen-bond acceptors (Lipinski definition) is 4. The van der Waals surface area contributed by atoms with Gasteiger partial charge in [-0.1, -0.05) is 0 Å². The van der Waals surface area contributed by atoms with E-state index in [9.17, 15) is 4.79 Å². The number of rotatable bonds is 3. The second-order valence-electron chi connectivity index (χ2n) is 2.84. The van der Waals surface area contributed by atoms with Crippen LogP contribution in [0, 0.1) is 0 Å². The number of cyclic esters (lactones) is 1. The molecule has 0 spiro atoms. The molecule has 1 aliphatic rings. The minimum absolute atomic E-state index is 0.142. The van der Waals surface area contributed by atoms with Crippen molar-refractivity contribution in [3.05, 3.63) is 0 Å². The maximum atomic E-state index is 11.5. The normalized spacial score (nSPS) is 30.8. The number of thiol groups is 2. The number of esters is 1. The Labute approximate surface area is 141 Å². The van der Waals surface area contributed by atoms with Crippen LogP contribution in [0.15, 0.2) is 0 Å². The maximum absolute atomic E-state index is 11.5. The van der Waals surface area contributed by atoms with Crippen LogP contribution in [0.3, 0.4) is 0 Å². The molecule has 0 saturated carbocycles. The molecule has 0 aromatic carbocycles. The van der Waals surface area contributed by atoms with E-state index < -0.39 is 37.2 Å². The molecule has 17 heavy (non-hydrogen) atoms. The Bertz CT molecular complexity index is 458. The molecule has 0 bridgehead atoms. The predicted octanol–water partition coefficient (Wildman–Crippen LogP) is 4.67. The molecule has 1 aliphatic heterocycles. The Morgan fingerprint density at radius 2 is 2.00 bits per heavy atom. The van der Waals surface area contributed by atoms with E-state index in [4.69, 9.17) is 36.3 Å². The van der Waals surface area contributed by atoms with Crippen LogP contribution in [0.1, 0.15) is 0 Å². The Morgan fingerprint density at radius 1 is 1.41 bits per heavy atom. The summed E-state index contributed by atoms with van der Waals surface area (Å²) in [5.74, 6) is -0.724. The van der Waals surface area contributed by atoms with Crippen molar-refractivity contribution < 1.29 is 17.9 Å². The van der Waals surface area contributed by atoms with E-state index in [2.05, 4.69) is 15.6 Å². The summed E-state index contributed by atoms with van der Waals surface area (Å²) in [5.41, 5.74) is 0. The summed E-state index contributed by atoms with van der Waals surface area (Å²) in [4.78, 5) is 11.5. The Kier molecular flexibility index (Phi) is 8.32. The van der Waals surface area contributed by atoms with Crippen molar-refractivity contribution in [2.45, 2.75) is 16.5 Å². The van der Waals surface area contributed by atoms with Crippen molar-refractivity contribution in [1.29, 1.82) is 0 Å². The number of ether oxygens (including phenoxy) is 1. The fraction of sp³-hybridized carbons (Fsp3) is 0.800. The molecule has 0 aromatic heterocycles. The summed E-state index contributed by atoms with van der Waals surface area (Å²) in [6.07, 6.45) is -1.44. The van der Waals surface area contributed by atoms with Crippen molar-refractivity contribution >= 4 is 102 Å². The van der Waals surface area contributed by atoms with Crippen molar-refractivity contribution in [2.75, 3.05) is 6.61 Å². The van der Waals surface area contributed by atoms with Crippen molar-refractivity contribution in [1.82, 2.24) is 0 Å². The second-order valence-corrected chi connectivity index (χ2v) is 17.6. The third kappa shape index (κ3) is 5.36. The second kappa shape index (κ2) is 7.84. The zero-order valence-corrected chi connectivity index (χ0v) is 17.2. The summed E-state index contributed by atoms with van der Waals surface area (Å²) < 4.78 is 14.1. The molecule has 100 valence electrons. The minimum atomic E-state index is -1.72. The molecule has 4 nitrogen and oxygen atoms in total. The van der Waals surface area contributed by atoms with Crippen LogP contribution in [0.4, 0.5) is 0 Å². The third-order valence-corrected chi connectivity index (χ3v) is 5.42. The molecular formula is C5H6Cl2I2O4P2S2. The van der Waals surface area contributed by atoms with Gasteiger partial charge in [0.1, 0.15) is 0 Å². The van der Waals surface area contributed by atoms with Crippen LogP contribution in [0.2, 0.25) is 0 Å². The molecule has 0 N–H and O–H groups in total. The molecule has 2 unspecified atom stereocenters. The van der Waals surface area contributed by atoms with E-state index in [1.54, 1.807) is 0 Å². The summed E-state index contributed by atoms with van der Waals surface area (Å²) >= 11 is 15.8. The van der Waals surface area contributed by atoms with Gasteiger partial charge in [0.15, 0.2) is 0 Å². The summed E-state index contributed by atoms with van der Waals surface area (Å²) in [6, 6.07) is 0. The first-order valence-corrected chi connectivity index (χ1v) is 15.1. The standard InChI is InChI=1S/C5H6Cl2I2O4P2S2/c6-5(7)3(13-17(9)15)2(12-4(5)10)1-11-16(8)14/h2-3,16-17H,1H2/t2-,3-/m1/s1. The van der Waals surface area contributed by atoms with Gasteiger partial charge in [-0.2, -0.15) is 0 Å². The SMILES string of the molecule is O=C1O[C@H](CO[SH](#P)I)[C@@H](O[SH](#P)I)C1(Cl)Cl. The Balaban J connectivity index is 2.80. The fourth-order valence-corrected chi connectivity index (χ4v) is 4.17. The van der Waals surface area contributed by atoms with Crippen molar-refractivity contribution in [3.63, 3.8) is 0 Å². The first kappa shape index (κ1) is 18.0. The van der Waals surface area contributed by atoms with Crippen LogP contribution < -0.4 is 0 Å². The summed E-state index contributed by atoms with van der Waals surface area (Å²) in [6.45, 7) is 0.142. The molecule has 1 fully saturated rings. The first-order chi connectivity index (χ1) is 7.75. The molecule has 1 rings (SSSR count). The zero-order chi connectivity index (χ0) is 13.2. The Hall–Kier alpha value is 2.99. The third-order valence-electron chi connectivity index (χ3n) is 1.77. The molecule has 1 heterocycles. The zero-order valence-electron chi connectivity index (χ0n) is 7.80. The fourth-order valence-electron chi connectivity index (χ4n) is 1.11. The van der Waals surface area contributed by atoms with Gasteiger partial charge in [-0.05, 0) is 0 Å². The van der Waals surface area contributed by atoms with E-state index in [0.29, 0.717) is 0 Å². The number of halogens is 4. The van der Waals surface area contributed by atoms with Gasteiger partial charge in [0.2, 0.25) is 0 Å². The van der Waals surface area contributed by atoms with Gasteiger partial charge in [0.05, 0.1) is 0 Å². The number of alkyl halides is 2. The first-order valence-electron chi connectivity index (χ1n) is 3.93. The van der Waals surface area contributed by atoms with Gasteiger partial charge in [-0.3, -0.25) is 0 Å². The van der Waals surface area contributed by atoms with E-state index in [0.717, 1.165) is 0 Å². The van der Waals surface area contributed by atoms with Crippen molar-refractivity contribution in [3.8, 4) is 0 Å². The number of hydrogen-bond donors (Lipinski definition) is 2. The van der Waals surface area contributed by atoms with Crippen LogP contribution in [0.25, 0.3) is 0 Å². The van der Waals surface area contributed by atoms with Crippen molar-refractivity contribution in [2.24, 2.45) is 0 Å². The molecule has 12 heteroatoms. The van der Waals surface area contributed by atoms with E-state index in [1.807, 2.05) is 42.4 Å². The topological polar surface area (TPSA) is 44.8 Å². The van der Waals surface area contributed by atoms with Gasteiger partial charge in [0, 0.05) is 0 Å². The molecule has 0 radical (unpaired) electrons. The van der Waals surface area contributed by atoms with Crippen LogP contribution in [-0.4, -0.2) is 29.1 Å². The van der Waals surface area contributed by atoms with E-state index in [-0.39, 0.29) is 6.61 Å². The van der Waals surface area contributed by atoms with Crippen LogP contribution in [-0.2, 0) is 17.9 Å². The quantitative estimate of drug-likeness (QED) is 0.168. The molecular weight excluding hydrogens is 575 g/mol. The van der Waals surface area contributed by atoms with Crippen LogP contribution >= 0.6 is 95.9 Å². The Morgan fingerprint density at radius 3 is 2.47 bits per heavy atom. The van der Waals surface area contributed by atoms with Crippen LogP contribution in [0.5, 0.6) is 0 Å². The molecule has 0 aliphatic carbocycles. The van der Waals surface area contributed by atoms with E-state index in [1.165, 1.54) is 0 Å². The predicted molar refractivity (Wildman–Crippen MR) is 95.0 cm³/mol. The average molecular weight is 581 g/mol. The van der Waals surface area contributed by atoms with E-state index >= 15 is 0 Å². The molecule has 1 saturated heterocycles. The molecule has 0 amide bonds. The summed E-state index contributed by atoms with van der Waals surface area (Å²) in [5, 5.41) is 0. The molecule has 0 aromatic rings. The number of carbonyl (C=O) groups is 1. The average Bonchev–Trinajstić information content (AvgIpc) is 2.38. The number of carbonyl (C=O) groups excluding carboxylic acids is 1. The molecule has 4 atom stereocenters.